The highest BCUT2D eigenvalue weighted by molar-refractivity contribution is 5.36. The Hall–Kier alpha value is -0.820. The molecule has 0 heterocycles. The van der Waals surface area contributed by atoms with Crippen LogP contribution in [0.1, 0.15) is 56.3 Å². The largest absolute Gasteiger partial charge is 0.324 e. The highest BCUT2D eigenvalue weighted by atomic mass is 14.6. The van der Waals surface area contributed by atoms with E-state index in [0.717, 1.165) is 6.42 Å². The molecule has 2 N–H and O–H groups in total. The molecule has 16 heavy (non-hydrogen) atoms. The van der Waals surface area contributed by atoms with Gasteiger partial charge in [-0.3, -0.25) is 0 Å². The minimum absolute atomic E-state index is 0.186. The zero-order valence-electron chi connectivity index (χ0n) is 10.7. The quantitative estimate of drug-likeness (QED) is 0.804. The summed E-state index contributed by atoms with van der Waals surface area (Å²) in [5.74, 6) is 0. The fourth-order valence-corrected chi connectivity index (χ4v) is 2.60. The van der Waals surface area contributed by atoms with E-state index in [1.807, 2.05) is 0 Å². The molecular formula is C15H23N. The molecule has 0 fully saturated rings. The number of hydrogen-bond acceptors (Lipinski definition) is 1. The van der Waals surface area contributed by atoms with E-state index in [-0.39, 0.29) is 6.04 Å². The topological polar surface area (TPSA) is 26.0 Å². The van der Waals surface area contributed by atoms with Crippen LogP contribution in [-0.2, 0) is 12.8 Å². The van der Waals surface area contributed by atoms with Gasteiger partial charge in [-0.25, -0.2) is 0 Å². The fraction of sp³-hybridized carbons (Fsp3) is 0.600. The Morgan fingerprint density at radius 2 is 1.88 bits per heavy atom. The molecular weight excluding hydrogens is 194 g/mol. The Kier molecular flexibility index (Phi) is 3.07. The summed E-state index contributed by atoms with van der Waals surface area (Å²) in [6.45, 7) is 6.75. The Bertz CT molecular complexity index is 374. The minimum Gasteiger partial charge on any atom is -0.324 e. The Labute approximate surface area is 99.0 Å². The molecule has 0 saturated heterocycles. The fourth-order valence-electron chi connectivity index (χ4n) is 2.60. The maximum atomic E-state index is 6.28. The lowest BCUT2D eigenvalue weighted by atomic mass is 9.85. The van der Waals surface area contributed by atoms with Crippen molar-refractivity contribution in [3.63, 3.8) is 0 Å². The molecule has 1 aliphatic rings. The Morgan fingerprint density at radius 1 is 1.19 bits per heavy atom. The Morgan fingerprint density at radius 3 is 2.56 bits per heavy atom. The average molecular weight is 217 g/mol. The first-order valence-corrected chi connectivity index (χ1v) is 6.33. The number of nitrogens with two attached hydrogens (primary N) is 1. The molecule has 1 aromatic rings. The van der Waals surface area contributed by atoms with Crippen LogP contribution < -0.4 is 5.73 Å². The van der Waals surface area contributed by atoms with Gasteiger partial charge in [0.25, 0.3) is 0 Å². The van der Waals surface area contributed by atoms with E-state index >= 15 is 0 Å². The molecule has 1 nitrogen and oxygen atoms in total. The average Bonchev–Trinajstić information content (AvgIpc) is 2.61. The van der Waals surface area contributed by atoms with E-state index in [4.69, 9.17) is 5.73 Å². The number of fused-ring (bicyclic) bond motifs is 1. The second kappa shape index (κ2) is 4.21. The van der Waals surface area contributed by atoms with Crippen LogP contribution in [0, 0.1) is 5.41 Å². The Balaban J connectivity index is 2.15. The van der Waals surface area contributed by atoms with E-state index in [1.165, 1.54) is 36.0 Å². The van der Waals surface area contributed by atoms with Crippen molar-refractivity contribution in [1.82, 2.24) is 0 Å². The predicted molar refractivity (Wildman–Crippen MR) is 69.5 cm³/mol. The van der Waals surface area contributed by atoms with Gasteiger partial charge in [-0.15, -0.1) is 0 Å². The van der Waals surface area contributed by atoms with Crippen molar-refractivity contribution < 1.29 is 0 Å². The lowest BCUT2D eigenvalue weighted by molar-refractivity contribution is 0.343. The van der Waals surface area contributed by atoms with Gasteiger partial charge in [-0.2, -0.15) is 0 Å². The maximum absolute atomic E-state index is 6.28. The van der Waals surface area contributed by atoms with Crippen molar-refractivity contribution in [3.8, 4) is 0 Å². The van der Waals surface area contributed by atoms with Crippen LogP contribution in [0.25, 0.3) is 0 Å². The molecule has 0 bridgehead atoms. The highest BCUT2D eigenvalue weighted by Crippen LogP contribution is 2.30. The summed E-state index contributed by atoms with van der Waals surface area (Å²) in [7, 11) is 0. The van der Waals surface area contributed by atoms with Crippen molar-refractivity contribution in [1.29, 1.82) is 0 Å². The summed E-state index contributed by atoms with van der Waals surface area (Å²) in [6, 6.07) is 7.02. The second-order valence-electron chi connectivity index (χ2n) is 6.25. The third-order valence-corrected chi connectivity index (χ3v) is 3.38. The smallest absolute Gasteiger partial charge is 0.0299 e. The summed E-state index contributed by atoms with van der Waals surface area (Å²) >= 11 is 0. The maximum Gasteiger partial charge on any atom is 0.0299 e. The van der Waals surface area contributed by atoms with Gasteiger partial charge in [0.05, 0.1) is 0 Å². The van der Waals surface area contributed by atoms with Gasteiger partial charge in [-0.05, 0) is 47.8 Å². The lowest BCUT2D eigenvalue weighted by Gasteiger charge is -2.23. The molecule has 1 heteroatoms. The summed E-state index contributed by atoms with van der Waals surface area (Å²) in [4.78, 5) is 0. The number of hydrogen-bond donors (Lipinski definition) is 1. The number of aryl methyl sites for hydroxylation is 2. The number of benzene rings is 1. The van der Waals surface area contributed by atoms with E-state index in [1.54, 1.807) is 0 Å². The van der Waals surface area contributed by atoms with Gasteiger partial charge in [0.2, 0.25) is 0 Å². The molecule has 1 aromatic carbocycles. The summed E-state index contributed by atoms with van der Waals surface area (Å²) in [5.41, 5.74) is 11.0. The molecule has 1 unspecified atom stereocenters. The normalized spacial score (nSPS) is 17.2. The first-order valence-electron chi connectivity index (χ1n) is 6.33. The van der Waals surface area contributed by atoms with Gasteiger partial charge < -0.3 is 5.73 Å². The summed E-state index contributed by atoms with van der Waals surface area (Å²) < 4.78 is 0. The summed E-state index contributed by atoms with van der Waals surface area (Å²) in [5, 5.41) is 0. The lowest BCUT2D eigenvalue weighted by Crippen LogP contribution is -2.18. The van der Waals surface area contributed by atoms with Crippen LogP contribution in [-0.4, -0.2) is 0 Å². The third kappa shape index (κ3) is 2.65. The van der Waals surface area contributed by atoms with Crippen LogP contribution in [0.15, 0.2) is 18.2 Å². The van der Waals surface area contributed by atoms with Crippen molar-refractivity contribution in [2.75, 3.05) is 0 Å². The molecule has 0 spiro atoms. The van der Waals surface area contributed by atoms with Gasteiger partial charge in [0, 0.05) is 6.04 Å². The van der Waals surface area contributed by atoms with Gasteiger partial charge in [0.15, 0.2) is 0 Å². The molecule has 0 radical (unpaired) electrons. The standard InChI is InChI=1S/C15H23N/c1-15(2,3)10-14(16)13-8-7-11-5-4-6-12(11)9-13/h7-9,14H,4-6,10,16H2,1-3H3. The van der Waals surface area contributed by atoms with Gasteiger partial charge >= 0.3 is 0 Å². The monoisotopic (exact) mass is 217 g/mol. The SMILES string of the molecule is CC(C)(C)CC(N)c1ccc2c(c1)CCC2. The van der Waals surface area contributed by atoms with E-state index in [2.05, 4.69) is 39.0 Å². The third-order valence-electron chi connectivity index (χ3n) is 3.38. The molecule has 0 amide bonds. The van der Waals surface area contributed by atoms with E-state index in [9.17, 15) is 0 Å². The predicted octanol–water partition coefficient (Wildman–Crippen LogP) is 3.61. The zero-order valence-corrected chi connectivity index (χ0v) is 10.7. The van der Waals surface area contributed by atoms with Crippen molar-refractivity contribution >= 4 is 0 Å². The zero-order chi connectivity index (χ0) is 11.8. The van der Waals surface area contributed by atoms with Gasteiger partial charge in [-0.1, -0.05) is 39.0 Å². The van der Waals surface area contributed by atoms with E-state index in [0.29, 0.717) is 5.41 Å². The summed E-state index contributed by atoms with van der Waals surface area (Å²) in [6.07, 6.45) is 4.86. The van der Waals surface area contributed by atoms with Crippen LogP contribution in [0.3, 0.4) is 0 Å². The molecule has 1 atom stereocenters. The second-order valence-corrected chi connectivity index (χ2v) is 6.25. The van der Waals surface area contributed by atoms with E-state index < -0.39 is 0 Å². The molecule has 2 rings (SSSR count). The first kappa shape index (κ1) is 11.7. The molecule has 0 aromatic heterocycles. The molecule has 0 aliphatic heterocycles. The van der Waals surface area contributed by atoms with Crippen LogP contribution >= 0.6 is 0 Å². The van der Waals surface area contributed by atoms with Crippen molar-refractivity contribution in [2.45, 2.75) is 52.5 Å². The molecule has 88 valence electrons. The van der Waals surface area contributed by atoms with Gasteiger partial charge in [0.1, 0.15) is 0 Å². The van der Waals surface area contributed by atoms with Crippen LogP contribution in [0.2, 0.25) is 0 Å². The first-order chi connectivity index (χ1) is 7.46. The van der Waals surface area contributed by atoms with Crippen molar-refractivity contribution in [2.24, 2.45) is 11.1 Å². The van der Waals surface area contributed by atoms with Crippen molar-refractivity contribution in [3.05, 3.63) is 34.9 Å². The molecule has 1 aliphatic carbocycles. The number of rotatable bonds is 2. The van der Waals surface area contributed by atoms with Crippen LogP contribution in [0.4, 0.5) is 0 Å². The minimum atomic E-state index is 0.186. The molecule has 0 saturated carbocycles. The van der Waals surface area contributed by atoms with Crippen LogP contribution in [0.5, 0.6) is 0 Å². The highest BCUT2D eigenvalue weighted by Gasteiger charge is 2.18.